The molecule has 2 aromatic rings. The van der Waals surface area contributed by atoms with Gasteiger partial charge < -0.3 is 10.2 Å². The van der Waals surface area contributed by atoms with Crippen molar-refractivity contribution in [3.8, 4) is 0 Å². The molecule has 0 bridgehead atoms. The van der Waals surface area contributed by atoms with Crippen LogP contribution in [0.15, 0.2) is 29.6 Å². The van der Waals surface area contributed by atoms with Crippen LogP contribution < -0.4 is 5.32 Å². The minimum absolute atomic E-state index is 0.0479. The number of amides is 2. The molecule has 1 aliphatic carbocycles. The molecule has 1 aromatic heterocycles. The highest BCUT2D eigenvalue weighted by Gasteiger charge is 2.22. The lowest BCUT2D eigenvalue weighted by atomic mass is 9.95. The van der Waals surface area contributed by atoms with Gasteiger partial charge in [-0.15, -0.1) is 11.3 Å². The minimum Gasteiger partial charge on any atom is -0.339 e. The summed E-state index contributed by atoms with van der Waals surface area (Å²) in [4.78, 5) is 28.6. The molecule has 0 atom stereocenters. The van der Waals surface area contributed by atoms with Crippen LogP contribution in [0.5, 0.6) is 0 Å². The number of carbonyl (C=O) groups is 2. The first-order valence-corrected chi connectivity index (χ1v) is 9.82. The zero-order chi connectivity index (χ0) is 17.8. The lowest BCUT2D eigenvalue weighted by Crippen LogP contribution is -2.31. The molecule has 0 unspecified atom stereocenters. The number of nitrogens with zero attached hydrogens (tertiary/aromatic N) is 1. The number of carbonyl (C=O) groups excluding carboxylic acids is 2. The Labute approximate surface area is 152 Å². The van der Waals surface area contributed by atoms with Crippen molar-refractivity contribution >= 4 is 28.8 Å². The Bertz CT molecular complexity index is 778. The van der Waals surface area contributed by atoms with Crippen LogP contribution in [0.25, 0.3) is 0 Å². The standard InChI is InChI=1S/C20H24N2O2S/c1-3-22(4-2)20(24)15-10-5-7-11-17(15)21-19(23)16-13-25-18-12-8-6-9-14(16)18/h5,7,10-11,13H,3-4,6,8-9,12H2,1-2H3,(H,21,23). The first kappa shape index (κ1) is 17.7. The largest absolute Gasteiger partial charge is 0.339 e. The van der Waals surface area contributed by atoms with E-state index in [0.717, 1.165) is 24.8 Å². The van der Waals surface area contributed by atoms with Gasteiger partial charge in [-0.25, -0.2) is 0 Å². The van der Waals surface area contributed by atoms with Gasteiger partial charge in [0.2, 0.25) is 0 Å². The number of hydrogen-bond donors (Lipinski definition) is 1. The minimum atomic E-state index is -0.112. The maximum Gasteiger partial charge on any atom is 0.256 e. The number of fused-ring (bicyclic) bond motifs is 1. The van der Waals surface area contributed by atoms with Crippen molar-refractivity contribution in [2.24, 2.45) is 0 Å². The van der Waals surface area contributed by atoms with E-state index in [-0.39, 0.29) is 11.8 Å². The van der Waals surface area contributed by atoms with E-state index in [0.29, 0.717) is 24.3 Å². The highest BCUT2D eigenvalue weighted by Crippen LogP contribution is 2.31. The summed E-state index contributed by atoms with van der Waals surface area (Å²) in [5, 5.41) is 4.93. The van der Waals surface area contributed by atoms with Gasteiger partial charge in [-0.05, 0) is 57.2 Å². The Morgan fingerprint density at radius 1 is 1.08 bits per heavy atom. The summed E-state index contributed by atoms with van der Waals surface area (Å²) in [6, 6.07) is 7.25. The summed E-state index contributed by atoms with van der Waals surface area (Å²) in [7, 11) is 0. The Hall–Kier alpha value is -2.14. The molecular weight excluding hydrogens is 332 g/mol. The number of rotatable bonds is 5. The van der Waals surface area contributed by atoms with E-state index >= 15 is 0 Å². The number of aryl methyl sites for hydroxylation is 1. The molecule has 0 fully saturated rings. The van der Waals surface area contributed by atoms with Crippen LogP contribution in [0.3, 0.4) is 0 Å². The molecule has 25 heavy (non-hydrogen) atoms. The van der Waals surface area contributed by atoms with Crippen molar-refractivity contribution in [2.45, 2.75) is 39.5 Å². The fourth-order valence-electron chi connectivity index (χ4n) is 3.33. The van der Waals surface area contributed by atoms with Crippen LogP contribution in [0.4, 0.5) is 5.69 Å². The molecule has 1 N–H and O–H groups in total. The topological polar surface area (TPSA) is 49.4 Å². The van der Waals surface area contributed by atoms with Crippen LogP contribution >= 0.6 is 11.3 Å². The van der Waals surface area contributed by atoms with Crippen LogP contribution in [0.1, 0.15) is 57.8 Å². The second-order valence-electron chi connectivity index (χ2n) is 6.24. The summed E-state index contributed by atoms with van der Waals surface area (Å²) in [5.41, 5.74) is 3.09. The molecule has 0 saturated carbocycles. The van der Waals surface area contributed by atoms with Gasteiger partial charge in [0.1, 0.15) is 0 Å². The molecule has 2 amide bonds. The summed E-state index contributed by atoms with van der Waals surface area (Å²) in [6.45, 7) is 5.21. The molecule has 0 aliphatic heterocycles. The molecule has 0 spiro atoms. The number of hydrogen-bond acceptors (Lipinski definition) is 3. The van der Waals surface area contributed by atoms with Crippen molar-refractivity contribution in [3.05, 3.63) is 51.2 Å². The van der Waals surface area contributed by atoms with Crippen molar-refractivity contribution in [3.63, 3.8) is 0 Å². The van der Waals surface area contributed by atoms with Gasteiger partial charge >= 0.3 is 0 Å². The lowest BCUT2D eigenvalue weighted by molar-refractivity contribution is 0.0774. The first-order chi connectivity index (χ1) is 12.2. The number of anilines is 1. The van der Waals surface area contributed by atoms with Gasteiger partial charge in [-0.1, -0.05) is 12.1 Å². The third-order valence-electron chi connectivity index (χ3n) is 4.76. The monoisotopic (exact) mass is 356 g/mol. The van der Waals surface area contributed by atoms with Crippen LogP contribution in [-0.4, -0.2) is 29.8 Å². The SMILES string of the molecule is CCN(CC)C(=O)c1ccccc1NC(=O)c1csc2c1CCCC2. The molecular formula is C20H24N2O2S. The fourth-order valence-corrected chi connectivity index (χ4v) is 4.46. The highest BCUT2D eigenvalue weighted by molar-refractivity contribution is 7.10. The molecule has 1 aromatic carbocycles. The molecule has 0 saturated heterocycles. The second kappa shape index (κ2) is 7.83. The molecule has 1 aliphatic rings. The van der Waals surface area contributed by atoms with Gasteiger partial charge in [0.05, 0.1) is 16.8 Å². The zero-order valence-corrected chi connectivity index (χ0v) is 15.6. The third-order valence-corrected chi connectivity index (χ3v) is 5.85. The molecule has 4 nitrogen and oxygen atoms in total. The maximum atomic E-state index is 12.8. The average Bonchev–Trinajstić information content (AvgIpc) is 3.07. The summed E-state index contributed by atoms with van der Waals surface area (Å²) in [6.07, 6.45) is 4.39. The van der Waals surface area contributed by atoms with E-state index in [1.807, 2.05) is 31.4 Å². The maximum absolute atomic E-state index is 12.8. The third kappa shape index (κ3) is 3.61. The van der Waals surface area contributed by atoms with Gasteiger partial charge in [0.15, 0.2) is 0 Å². The van der Waals surface area contributed by atoms with Crippen molar-refractivity contribution < 1.29 is 9.59 Å². The predicted molar refractivity (Wildman–Crippen MR) is 103 cm³/mol. The van der Waals surface area contributed by atoms with E-state index < -0.39 is 0 Å². The lowest BCUT2D eigenvalue weighted by Gasteiger charge is -2.20. The quantitative estimate of drug-likeness (QED) is 0.865. The molecule has 5 heteroatoms. The van der Waals surface area contributed by atoms with Gasteiger partial charge in [0, 0.05) is 23.3 Å². The first-order valence-electron chi connectivity index (χ1n) is 8.94. The highest BCUT2D eigenvalue weighted by atomic mass is 32.1. The van der Waals surface area contributed by atoms with E-state index in [9.17, 15) is 9.59 Å². The number of benzene rings is 1. The number of nitrogens with one attached hydrogen (secondary N) is 1. The molecule has 1 heterocycles. The van der Waals surface area contributed by atoms with Crippen molar-refractivity contribution in [1.29, 1.82) is 0 Å². The molecule has 3 rings (SSSR count). The summed E-state index contributed by atoms with van der Waals surface area (Å²) < 4.78 is 0. The number of para-hydroxylation sites is 1. The van der Waals surface area contributed by atoms with E-state index in [1.54, 1.807) is 28.4 Å². The fraction of sp³-hybridized carbons (Fsp3) is 0.400. The Morgan fingerprint density at radius 2 is 1.80 bits per heavy atom. The van der Waals surface area contributed by atoms with E-state index in [1.165, 1.54) is 16.9 Å². The molecule has 132 valence electrons. The van der Waals surface area contributed by atoms with E-state index in [2.05, 4.69) is 5.32 Å². The van der Waals surface area contributed by atoms with E-state index in [4.69, 9.17) is 0 Å². The van der Waals surface area contributed by atoms with Gasteiger partial charge in [-0.3, -0.25) is 9.59 Å². The molecule has 0 radical (unpaired) electrons. The summed E-state index contributed by atoms with van der Waals surface area (Å²) >= 11 is 1.68. The zero-order valence-electron chi connectivity index (χ0n) is 14.8. The Kier molecular flexibility index (Phi) is 5.53. The Morgan fingerprint density at radius 3 is 2.56 bits per heavy atom. The van der Waals surface area contributed by atoms with Crippen LogP contribution in [0, 0.1) is 0 Å². The number of thiophene rings is 1. The Balaban J connectivity index is 1.85. The predicted octanol–water partition coefficient (Wildman–Crippen LogP) is 4.36. The van der Waals surface area contributed by atoms with Crippen molar-refractivity contribution in [2.75, 3.05) is 18.4 Å². The normalized spacial score (nSPS) is 13.2. The second-order valence-corrected chi connectivity index (χ2v) is 7.20. The van der Waals surface area contributed by atoms with Gasteiger partial charge in [0.25, 0.3) is 11.8 Å². The smallest absolute Gasteiger partial charge is 0.256 e. The van der Waals surface area contributed by atoms with Gasteiger partial charge in [-0.2, -0.15) is 0 Å². The average molecular weight is 356 g/mol. The van der Waals surface area contributed by atoms with Crippen LogP contribution in [0.2, 0.25) is 0 Å². The van der Waals surface area contributed by atoms with Crippen LogP contribution in [-0.2, 0) is 12.8 Å². The van der Waals surface area contributed by atoms with Crippen molar-refractivity contribution in [1.82, 2.24) is 4.90 Å². The summed E-state index contributed by atoms with van der Waals surface area (Å²) in [5.74, 6) is -0.160.